The summed E-state index contributed by atoms with van der Waals surface area (Å²) in [5, 5.41) is 4.22. The first kappa shape index (κ1) is 13.9. The SMILES string of the molecule is CC=P(c1ccccc1)(c1ccccc1)c1ccccc1. The zero-order chi connectivity index (χ0) is 14.5. The van der Waals surface area contributed by atoms with Crippen LogP contribution in [0.3, 0.4) is 0 Å². The largest absolute Gasteiger partial charge is 0.0774 e. The normalized spacial score (nSPS) is 11.1. The minimum atomic E-state index is -1.66. The summed E-state index contributed by atoms with van der Waals surface area (Å²) >= 11 is 0. The molecule has 3 rings (SSSR count). The van der Waals surface area contributed by atoms with E-state index in [2.05, 4.69) is 104 Å². The number of rotatable bonds is 3. The molecule has 0 fully saturated rings. The Hall–Kier alpha value is -2.04. The average molecular weight is 290 g/mol. The minimum Gasteiger partial charge on any atom is -0.0774 e. The molecule has 0 nitrogen and oxygen atoms in total. The fraction of sp³-hybridized carbons (Fsp3) is 0.0500. The van der Waals surface area contributed by atoms with Gasteiger partial charge in [-0.25, -0.2) is 0 Å². The highest BCUT2D eigenvalue weighted by atomic mass is 31.2. The molecule has 0 spiro atoms. The van der Waals surface area contributed by atoms with Gasteiger partial charge in [0.1, 0.15) is 0 Å². The van der Waals surface area contributed by atoms with Gasteiger partial charge in [-0.3, -0.25) is 0 Å². The molecule has 104 valence electrons. The third kappa shape index (κ3) is 2.48. The first-order valence-corrected chi connectivity index (χ1v) is 9.10. The van der Waals surface area contributed by atoms with Crippen molar-refractivity contribution in [2.45, 2.75) is 6.92 Å². The van der Waals surface area contributed by atoms with E-state index in [4.69, 9.17) is 0 Å². The van der Waals surface area contributed by atoms with Crippen molar-refractivity contribution in [3.63, 3.8) is 0 Å². The molecule has 0 N–H and O–H groups in total. The zero-order valence-corrected chi connectivity index (χ0v) is 13.1. The molecule has 21 heavy (non-hydrogen) atoms. The van der Waals surface area contributed by atoms with Gasteiger partial charge >= 0.3 is 0 Å². The Bertz CT molecular complexity index is 640. The third-order valence-electron chi connectivity index (χ3n) is 3.88. The second-order valence-corrected chi connectivity index (χ2v) is 8.50. The second-order valence-electron chi connectivity index (χ2n) is 4.99. The van der Waals surface area contributed by atoms with Crippen LogP contribution in [0, 0.1) is 0 Å². The van der Waals surface area contributed by atoms with Crippen molar-refractivity contribution in [2.24, 2.45) is 0 Å². The lowest BCUT2D eigenvalue weighted by atomic mass is 10.4. The van der Waals surface area contributed by atoms with Crippen molar-refractivity contribution < 1.29 is 0 Å². The van der Waals surface area contributed by atoms with Crippen molar-refractivity contribution in [1.29, 1.82) is 0 Å². The van der Waals surface area contributed by atoms with E-state index in [0.29, 0.717) is 0 Å². The van der Waals surface area contributed by atoms with Gasteiger partial charge in [-0.15, -0.1) is 0 Å². The van der Waals surface area contributed by atoms with Crippen LogP contribution >= 0.6 is 6.89 Å². The standard InChI is InChI=1S/C20H19P/c1-2-21(18-12-6-3-7-13-18,19-14-8-4-9-15-19)20-16-10-5-11-17-20/h2-17H,1H3. The molecule has 0 aliphatic heterocycles. The molecule has 0 saturated heterocycles. The zero-order valence-electron chi connectivity index (χ0n) is 12.2. The topological polar surface area (TPSA) is 0 Å². The fourth-order valence-electron chi connectivity index (χ4n) is 2.88. The van der Waals surface area contributed by atoms with Gasteiger partial charge in [0, 0.05) is 0 Å². The predicted molar refractivity (Wildman–Crippen MR) is 96.9 cm³/mol. The van der Waals surface area contributed by atoms with Crippen molar-refractivity contribution in [3.05, 3.63) is 91.0 Å². The van der Waals surface area contributed by atoms with E-state index in [1.165, 1.54) is 15.9 Å². The Morgan fingerprint density at radius 3 is 1.05 bits per heavy atom. The summed E-state index contributed by atoms with van der Waals surface area (Å²) in [7, 11) is 0. The van der Waals surface area contributed by atoms with Gasteiger partial charge in [0.2, 0.25) is 0 Å². The van der Waals surface area contributed by atoms with Crippen LogP contribution in [0.15, 0.2) is 91.0 Å². The maximum Gasteiger partial charge on any atom is -0.0163 e. The first-order valence-electron chi connectivity index (χ1n) is 7.24. The molecule has 0 heterocycles. The number of benzene rings is 3. The van der Waals surface area contributed by atoms with Crippen LogP contribution in [0.1, 0.15) is 6.92 Å². The van der Waals surface area contributed by atoms with Crippen LogP contribution in [-0.4, -0.2) is 5.80 Å². The molecule has 0 atom stereocenters. The van der Waals surface area contributed by atoms with Gasteiger partial charge < -0.3 is 0 Å². The molecule has 0 amide bonds. The Kier molecular flexibility index (Phi) is 4.08. The van der Waals surface area contributed by atoms with Crippen molar-refractivity contribution in [3.8, 4) is 0 Å². The average Bonchev–Trinajstić information content (AvgIpc) is 2.59. The lowest BCUT2D eigenvalue weighted by molar-refractivity contribution is 1.73. The predicted octanol–water partition coefficient (Wildman–Crippen LogP) is 3.80. The summed E-state index contributed by atoms with van der Waals surface area (Å²) in [4.78, 5) is 0. The lowest BCUT2D eigenvalue weighted by Gasteiger charge is -2.28. The van der Waals surface area contributed by atoms with Crippen LogP contribution < -0.4 is 15.9 Å². The molecule has 0 radical (unpaired) electrons. The van der Waals surface area contributed by atoms with E-state index in [1.807, 2.05) is 0 Å². The van der Waals surface area contributed by atoms with Gasteiger partial charge in [-0.2, -0.15) is 0 Å². The summed E-state index contributed by atoms with van der Waals surface area (Å²) in [5.74, 6) is 2.41. The Morgan fingerprint density at radius 1 is 0.524 bits per heavy atom. The van der Waals surface area contributed by atoms with E-state index in [0.717, 1.165) is 0 Å². The molecular formula is C20H19P. The van der Waals surface area contributed by atoms with E-state index in [1.54, 1.807) is 0 Å². The maximum absolute atomic E-state index is 2.41. The number of hydrogen-bond acceptors (Lipinski definition) is 0. The smallest absolute Gasteiger partial charge is 0.0163 e. The van der Waals surface area contributed by atoms with E-state index >= 15 is 0 Å². The number of hydrogen-bond donors (Lipinski definition) is 0. The molecular weight excluding hydrogens is 271 g/mol. The van der Waals surface area contributed by atoms with Crippen LogP contribution in [-0.2, 0) is 0 Å². The molecule has 0 aliphatic carbocycles. The molecule has 0 unspecified atom stereocenters. The van der Waals surface area contributed by atoms with Gasteiger partial charge in [0.25, 0.3) is 0 Å². The van der Waals surface area contributed by atoms with Gasteiger partial charge in [-0.1, -0.05) is 96.8 Å². The second kappa shape index (κ2) is 6.16. The molecule has 3 aromatic rings. The van der Waals surface area contributed by atoms with Crippen LogP contribution in [0.25, 0.3) is 0 Å². The van der Waals surface area contributed by atoms with Crippen molar-refractivity contribution in [1.82, 2.24) is 0 Å². The lowest BCUT2D eigenvalue weighted by Crippen LogP contribution is -2.26. The Labute approximate surface area is 127 Å². The summed E-state index contributed by atoms with van der Waals surface area (Å²) in [6, 6.07) is 32.6. The highest BCUT2D eigenvalue weighted by Crippen LogP contribution is 2.43. The quantitative estimate of drug-likeness (QED) is 0.644. The monoisotopic (exact) mass is 290 g/mol. The molecule has 0 aliphatic rings. The highest BCUT2D eigenvalue weighted by Gasteiger charge is 2.23. The summed E-state index contributed by atoms with van der Waals surface area (Å²) in [6.07, 6.45) is 0. The summed E-state index contributed by atoms with van der Waals surface area (Å²) < 4.78 is 0. The molecule has 0 aromatic heterocycles. The van der Waals surface area contributed by atoms with Crippen molar-refractivity contribution in [2.75, 3.05) is 0 Å². The van der Waals surface area contributed by atoms with E-state index in [9.17, 15) is 0 Å². The molecule has 0 saturated carbocycles. The maximum atomic E-state index is 2.41. The first-order chi connectivity index (χ1) is 10.4. The minimum absolute atomic E-state index is 1.41. The van der Waals surface area contributed by atoms with Crippen LogP contribution in [0.5, 0.6) is 0 Å². The van der Waals surface area contributed by atoms with Gasteiger partial charge in [-0.05, 0) is 29.7 Å². The molecule has 0 bridgehead atoms. The fourth-order valence-corrected chi connectivity index (χ4v) is 6.60. The Morgan fingerprint density at radius 2 is 0.810 bits per heavy atom. The van der Waals surface area contributed by atoms with Gasteiger partial charge in [0.05, 0.1) is 0 Å². The van der Waals surface area contributed by atoms with Gasteiger partial charge in [0.15, 0.2) is 0 Å². The Balaban J connectivity index is 2.35. The third-order valence-corrected chi connectivity index (χ3v) is 7.99. The molecule has 1 heteroatoms. The summed E-state index contributed by atoms with van der Waals surface area (Å²) in [6.45, 7) is 0.536. The highest BCUT2D eigenvalue weighted by molar-refractivity contribution is 7.94. The van der Waals surface area contributed by atoms with Crippen molar-refractivity contribution >= 4 is 28.6 Å². The van der Waals surface area contributed by atoms with Crippen LogP contribution in [0.2, 0.25) is 0 Å². The van der Waals surface area contributed by atoms with E-state index < -0.39 is 6.89 Å². The molecule has 3 aromatic carbocycles. The van der Waals surface area contributed by atoms with Crippen LogP contribution in [0.4, 0.5) is 0 Å². The van der Waals surface area contributed by atoms with E-state index in [-0.39, 0.29) is 0 Å². The summed E-state index contributed by atoms with van der Waals surface area (Å²) in [5.41, 5.74) is 0.